The van der Waals surface area contributed by atoms with Gasteiger partial charge in [-0.2, -0.15) is 0 Å². The first-order valence-electron chi connectivity index (χ1n) is 7.00. The molecule has 0 unspecified atom stereocenters. The van der Waals surface area contributed by atoms with Crippen LogP contribution in [0.25, 0.3) is 0 Å². The first kappa shape index (κ1) is 14.5. The summed E-state index contributed by atoms with van der Waals surface area (Å²) in [6.07, 6.45) is 6.13. The van der Waals surface area contributed by atoms with Crippen molar-refractivity contribution in [3.63, 3.8) is 0 Å². The van der Waals surface area contributed by atoms with E-state index >= 15 is 0 Å². The fourth-order valence-corrected chi connectivity index (χ4v) is 2.24. The van der Waals surface area contributed by atoms with Gasteiger partial charge in [-0.15, -0.1) is 0 Å². The Labute approximate surface area is 120 Å². The van der Waals surface area contributed by atoms with Crippen molar-refractivity contribution in [3.05, 3.63) is 17.0 Å². The molecule has 0 aromatic carbocycles. The van der Waals surface area contributed by atoms with Crippen LogP contribution in [0.4, 0.5) is 5.82 Å². The maximum atomic E-state index is 6.15. The summed E-state index contributed by atoms with van der Waals surface area (Å²) in [5.41, 5.74) is 1.04. The molecule has 1 fully saturated rings. The van der Waals surface area contributed by atoms with Crippen molar-refractivity contribution < 1.29 is 4.74 Å². The van der Waals surface area contributed by atoms with Crippen LogP contribution >= 0.6 is 11.6 Å². The van der Waals surface area contributed by atoms with E-state index in [2.05, 4.69) is 21.8 Å². The number of ether oxygens (including phenoxy) is 1. The van der Waals surface area contributed by atoms with Crippen molar-refractivity contribution in [2.24, 2.45) is 5.92 Å². The third-order valence-corrected chi connectivity index (χ3v) is 3.68. The number of likely N-dealkylation sites (N-methyl/N-ethyl adjacent to an activating group) is 1. The quantitative estimate of drug-likeness (QED) is 0.543. The molecule has 1 aromatic heterocycles. The summed E-state index contributed by atoms with van der Waals surface area (Å²) >= 11 is 6.15. The lowest BCUT2D eigenvalue weighted by Crippen LogP contribution is -2.25. The number of hydrogen-bond donors (Lipinski definition) is 0. The molecule has 1 aliphatic carbocycles. The summed E-state index contributed by atoms with van der Waals surface area (Å²) in [5, 5.41) is 0.567. The SMILES string of the molecule is CCCc1c(Cl)ncnc1N(C)CCOCC1CC1. The van der Waals surface area contributed by atoms with Crippen LogP contribution < -0.4 is 4.90 Å². The van der Waals surface area contributed by atoms with E-state index < -0.39 is 0 Å². The van der Waals surface area contributed by atoms with E-state index in [1.54, 1.807) is 0 Å². The highest BCUT2D eigenvalue weighted by Gasteiger charge is 2.21. The second kappa shape index (κ2) is 7.06. The summed E-state index contributed by atoms with van der Waals surface area (Å²) in [7, 11) is 2.03. The Kier molecular flexibility index (Phi) is 5.40. The Morgan fingerprint density at radius 2 is 2.21 bits per heavy atom. The van der Waals surface area contributed by atoms with Gasteiger partial charge in [-0.25, -0.2) is 9.97 Å². The van der Waals surface area contributed by atoms with Gasteiger partial charge in [0.2, 0.25) is 0 Å². The normalized spacial score (nSPS) is 14.7. The third-order valence-electron chi connectivity index (χ3n) is 3.35. The maximum absolute atomic E-state index is 6.15. The monoisotopic (exact) mass is 283 g/mol. The summed E-state index contributed by atoms with van der Waals surface area (Å²) < 4.78 is 5.66. The van der Waals surface area contributed by atoms with Crippen LogP contribution in [-0.2, 0) is 11.2 Å². The van der Waals surface area contributed by atoms with E-state index in [0.29, 0.717) is 5.15 Å². The summed E-state index contributed by atoms with van der Waals surface area (Å²) in [6.45, 7) is 4.60. The highest BCUT2D eigenvalue weighted by molar-refractivity contribution is 6.30. The Morgan fingerprint density at radius 1 is 1.42 bits per heavy atom. The minimum atomic E-state index is 0.567. The predicted octanol–water partition coefficient (Wildman–Crippen LogP) is 2.95. The van der Waals surface area contributed by atoms with Crippen molar-refractivity contribution in [2.45, 2.75) is 32.6 Å². The van der Waals surface area contributed by atoms with Crippen LogP contribution in [0, 0.1) is 5.92 Å². The second-order valence-electron chi connectivity index (χ2n) is 5.16. The molecule has 2 rings (SSSR count). The smallest absolute Gasteiger partial charge is 0.137 e. The van der Waals surface area contributed by atoms with Crippen LogP contribution in [-0.4, -0.2) is 36.8 Å². The minimum absolute atomic E-state index is 0.567. The molecule has 19 heavy (non-hydrogen) atoms. The summed E-state index contributed by atoms with van der Waals surface area (Å²) in [4.78, 5) is 10.5. The lowest BCUT2D eigenvalue weighted by atomic mass is 10.2. The molecule has 0 saturated heterocycles. The maximum Gasteiger partial charge on any atom is 0.137 e. The minimum Gasteiger partial charge on any atom is -0.379 e. The first-order valence-corrected chi connectivity index (χ1v) is 7.38. The van der Waals surface area contributed by atoms with Crippen LogP contribution in [0.2, 0.25) is 5.15 Å². The second-order valence-corrected chi connectivity index (χ2v) is 5.51. The largest absolute Gasteiger partial charge is 0.379 e. The average molecular weight is 284 g/mol. The van der Waals surface area contributed by atoms with Gasteiger partial charge in [0.05, 0.1) is 6.61 Å². The number of anilines is 1. The Bertz CT molecular complexity index is 410. The van der Waals surface area contributed by atoms with Gasteiger partial charge >= 0.3 is 0 Å². The lowest BCUT2D eigenvalue weighted by molar-refractivity contribution is 0.130. The number of aromatic nitrogens is 2. The molecule has 0 N–H and O–H groups in total. The molecular weight excluding hydrogens is 262 g/mol. The van der Waals surface area contributed by atoms with Crippen molar-refractivity contribution in [2.75, 3.05) is 31.7 Å². The molecule has 0 aliphatic heterocycles. The van der Waals surface area contributed by atoms with Crippen molar-refractivity contribution in [3.8, 4) is 0 Å². The number of hydrogen-bond acceptors (Lipinski definition) is 4. The molecule has 0 radical (unpaired) electrons. The first-order chi connectivity index (χ1) is 9.22. The predicted molar refractivity (Wildman–Crippen MR) is 77.9 cm³/mol. The van der Waals surface area contributed by atoms with E-state index in [1.807, 2.05) is 7.05 Å². The molecule has 1 saturated carbocycles. The molecule has 1 heterocycles. The highest BCUT2D eigenvalue weighted by atomic mass is 35.5. The molecule has 1 aliphatic rings. The molecular formula is C14H22ClN3O. The van der Waals surface area contributed by atoms with E-state index in [-0.39, 0.29) is 0 Å². The lowest BCUT2D eigenvalue weighted by Gasteiger charge is -2.21. The molecule has 1 aromatic rings. The molecule has 5 heteroatoms. The Morgan fingerprint density at radius 3 is 2.89 bits per heavy atom. The van der Waals surface area contributed by atoms with E-state index in [1.165, 1.54) is 19.2 Å². The van der Waals surface area contributed by atoms with Crippen LogP contribution in [0.3, 0.4) is 0 Å². The van der Waals surface area contributed by atoms with Crippen molar-refractivity contribution in [1.29, 1.82) is 0 Å². The zero-order valence-corrected chi connectivity index (χ0v) is 12.5. The fraction of sp³-hybridized carbons (Fsp3) is 0.714. The topological polar surface area (TPSA) is 38.2 Å². The fourth-order valence-electron chi connectivity index (χ4n) is 2.02. The molecule has 0 amide bonds. The molecule has 0 bridgehead atoms. The van der Waals surface area contributed by atoms with Gasteiger partial charge in [-0.3, -0.25) is 0 Å². The molecule has 0 atom stereocenters. The highest BCUT2D eigenvalue weighted by Crippen LogP contribution is 2.28. The van der Waals surface area contributed by atoms with Gasteiger partial charge in [0.1, 0.15) is 17.3 Å². The molecule has 106 valence electrons. The van der Waals surface area contributed by atoms with Gasteiger partial charge in [0.25, 0.3) is 0 Å². The summed E-state index contributed by atoms with van der Waals surface area (Å²) in [5.74, 6) is 1.74. The van der Waals surface area contributed by atoms with Crippen LogP contribution in [0.1, 0.15) is 31.7 Å². The Balaban J connectivity index is 1.88. The van der Waals surface area contributed by atoms with Crippen molar-refractivity contribution in [1.82, 2.24) is 9.97 Å². The van der Waals surface area contributed by atoms with Gasteiger partial charge in [0.15, 0.2) is 0 Å². The number of rotatable bonds is 8. The number of halogens is 1. The molecule has 4 nitrogen and oxygen atoms in total. The zero-order valence-electron chi connectivity index (χ0n) is 11.7. The van der Waals surface area contributed by atoms with E-state index in [9.17, 15) is 0 Å². The zero-order chi connectivity index (χ0) is 13.7. The van der Waals surface area contributed by atoms with E-state index in [4.69, 9.17) is 16.3 Å². The standard InChI is InChI=1S/C14H22ClN3O/c1-3-4-12-13(15)16-10-17-14(12)18(2)7-8-19-9-11-5-6-11/h10-11H,3-9H2,1-2H3. The van der Waals surface area contributed by atoms with Crippen LogP contribution in [0.5, 0.6) is 0 Å². The Hall–Kier alpha value is -0.870. The van der Waals surface area contributed by atoms with E-state index in [0.717, 1.165) is 49.9 Å². The van der Waals surface area contributed by atoms with Crippen LogP contribution in [0.15, 0.2) is 6.33 Å². The van der Waals surface area contributed by atoms with Crippen molar-refractivity contribution >= 4 is 17.4 Å². The third kappa shape index (κ3) is 4.32. The average Bonchev–Trinajstić information content (AvgIpc) is 3.21. The summed E-state index contributed by atoms with van der Waals surface area (Å²) in [6, 6.07) is 0. The van der Waals surface area contributed by atoms with Gasteiger partial charge < -0.3 is 9.64 Å². The number of nitrogens with zero attached hydrogens (tertiary/aromatic N) is 3. The molecule has 0 spiro atoms. The van der Waals surface area contributed by atoms with Gasteiger partial charge in [0, 0.05) is 25.8 Å². The van der Waals surface area contributed by atoms with Gasteiger partial charge in [-0.05, 0) is 25.2 Å². The van der Waals surface area contributed by atoms with Gasteiger partial charge in [-0.1, -0.05) is 24.9 Å².